The lowest BCUT2D eigenvalue weighted by Crippen LogP contribution is -2.44. The molecule has 1 saturated heterocycles. The predicted molar refractivity (Wildman–Crippen MR) is 139 cm³/mol. The summed E-state index contributed by atoms with van der Waals surface area (Å²) in [6, 6.07) is 4.36. The average Bonchev–Trinajstić information content (AvgIpc) is 3.45. The molecule has 2 atom stereocenters. The van der Waals surface area contributed by atoms with Crippen molar-refractivity contribution < 1.29 is 18.8 Å². The maximum Gasteiger partial charge on any atom is 0.248 e. The van der Waals surface area contributed by atoms with E-state index in [0.29, 0.717) is 21.3 Å². The van der Waals surface area contributed by atoms with Crippen molar-refractivity contribution in [1.29, 1.82) is 0 Å². The molecule has 11 nitrogen and oxygen atoms in total. The average molecular weight is 581 g/mol. The van der Waals surface area contributed by atoms with Gasteiger partial charge in [0.1, 0.15) is 34.9 Å². The fourth-order valence-corrected chi connectivity index (χ4v) is 4.73. The van der Waals surface area contributed by atoms with Crippen molar-refractivity contribution in [3.8, 4) is 11.1 Å². The van der Waals surface area contributed by atoms with E-state index in [4.69, 9.17) is 0 Å². The molecule has 4 heterocycles. The van der Waals surface area contributed by atoms with Gasteiger partial charge in [-0.05, 0) is 40.5 Å². The minimum absolute atomic E-state index is 0.139. The van der Waals surface area contributed by atoms with Gasteiger partial charge < -0.3 is 10.2 Å². The second kappa shape index (κ2) is 10.3. The Bertz CT molecular complexity index is 1560. The number of aryl methyl sites for hydroxylation is 1. The third-order valence-corrected chi connectivity index (χ3v) is 6.59. The minimum atomic E-state index is -1.36. The van der Waals surface area contributed by atoms with E-state index in [0.717, 1.165) is 11.1 Å². The first-order valence-electron chi connectivity index (χ1n) is 11.7. The summed E-state index contributed by atoms with van der Waals surface area (Å²) in [5.74, 6) is -0.514. The van der Waals surface area contributed by atoms with Gasteiger partial charge in [0.25, 0.3) is 0 Å². The van der Waals surface area contributed by atoms with Crippen LogP contribution >= 0.6 is 15.9 Å². The zero-order chi connectivity index (χ0) is 27.0. The first kappa shape index (κ1) is 25.5. The van der Waals surface area contributed by atoms with Crippen LogP contribution in [0.25, 0.3) is 22.0 Å². The number of amides is 2. The number of halogens is 2. The Morgan fingerprint density at radius 1 is 1.13 bits per heavy atom. The van der Waals surface area contributed by atoms with E-state index in [1.54, 1.807) is 31.5 Å². The van der Waals surface area contributed by atoms with Crippen LogP contribution in [-0.4, -0.2) is 71.0 Å². The van der Waals surface area contributed by atoms with E-state index in [2.05, 4.69) is 46.3 Å². The number of carbonyl (C=O) groups is 3. The van der Waals surface area contributed by atoms with Gasteiger partial charge in [-0.25, -0.2) is 19.3 Å². The van der Waals surface area contributed by atoms with Crippen molar-refractivity contribution >= 4 is 50.2 Å². The third-order valence-electron chi connectivity index (χ3n) is 6.21. The summed E-state index contributed by atoms with van der Waals surface area (Å²) < 4.78 is 16.2. The summed E-state index contributed by atoms with van der Waals surface area (Å²) in [7, 11) is 0. The summed E-state index contributed by atoms with van der Waals surface area (Å²) in [4.78, 5) is 56.3. The quantitative estimate of drug-likeness (QED) is 0.343. The maximum absolute atomic E-state index is 14.4. The van der Waals surface area contributed by atoms with Gasteiger partial charge >= 0.3 is 0 Å². The number of Topliss-reactive ketones (excluding diaryl/α,β-unsaturated/α-hetero) is 1. The number of nitrogens with one attached hydrogen (secondary N) is 1. The zero-order valence-electron chi connectivity index (χ0n) is 20.4. The Hall–Kier alpha value is -4.13. The molecule has 13 heteroatoms. The van der Waals surface area contributed by atoms with Crippen LogP contribution in [0, 0.1) is 6.92 Å². The number of anilines is 1. The van der Waals surface area contributed by atoms with Gasteiger partial charge in [0.2, 0.25) is 11.8 Å². The molecule has 2 amide bonds. The molecule has 0 saturated carbocycles. The highest BCUT2D eigenvalue weighted by atomic mass is 79.9. The molecule has 1 aromatic carbocycles. The summed E-state index contributed by atoms with van der Waals surface area (Å²) >= 11 is 3.18. The van der Waals surface area contributed by atoms with E-state index in [9.17, 15) is 18.8 Å². The molecule has 0 radical (unpaired) electrons. The molecule has 38 heavy (non-hydrogen) atoms. The number of fused-ring (bicyclic) bond motifs is 1. The number of rotatable bonds is 6. The molecule has 3 aromatic heterocycles. The molecule has 1 N–H and O–H groups in total. The molecule has 1 fully saturated rings. The molecule has 0 spiro atoms. The minimum Gasteiger partial charge on any atom is -0.326 e. The Labute approximate surface area is 224 Å². The number of carbonyl (C=O) groups excluding carboxylic acids is 3. The third kappa shape index (κ3) is 5.14. The molecular weight excluding hydrogens is 559 g/mol. The predicted octanol–water partition coefficient (Wildman–Crippen LogP) is 3.13. The summed E-state index contributed by atoms with van der Waals surface area (Å²) in [5, 5.41) is 7.54. The number of hydrogen-bond donors (Lipinski definition) is 1. The lowest BCUT2D eigenvalue weighted by molar-refractivity contribution is -0.137. The highest BCUT2D eigenvalue weighted by molar-refractivity contribution is 9.10. The molecule has 4 aromatic rings. The van der Waals surface area contributed by atoms with Crippen LogP contribution in [0.3, 0.4) is 0 Å². The van der Waals surface area contributed by atoms with Crippen molar-refractivity contribution in [1.82, 2.24) is 34.6 Å². The highest BCUT2D eigenvalue weighted by Gasteiger charge is 2.40. The zero-order valence-corrected chi connectivity index (χ0v) is 22.0. The first-order valence-corrected chi connectivity index (χ1v) is 12.5. The SMILES string of the molecule is CC(=O)c1nn(CC(=O)N2C[C@H](F)C[C@H]2C(=O)Nc2cncc(Br)n2)c2ccc(-c3cnc(C)nc3)cc12. The fourth-order valence-electron chi connectivity index (χ4n) is 4.42. The summed E-state index contributed by atoms with van der Waals surface area (Å²) in [6.45, 7) is 2.69. The van der Waals surface area contributed by atoms with Crippen molar-refractivity contribution in [2.24, 2.45) is 0 Å². The van der Waals surface area contributed by atoms with Crippen molar-refractivity contribution in [3.05, 3.63) is 59.1 Å². The molecule has 0 unspecified atom stereocenters. The second-order valence-electron chi connectivity index (χ2n) is 8.92. The number of nitrogens with zero attached hydrogens (tertiary/aromatic N) is 7. The van der Waals surface area contributed by atoms with Crippen LogP contribution < -0.4 is 5.32 Å². The van der Waals surface area contributed by atoms with Crippen LogP contribution in [0.1, 0.15) is 29.7 Å². The molecule has 5 rings (SSSR count). The topological polar surface area (TPSA) is 136 Å². The van der Waals surface area contributed by atoms with Gasteiger partial charge in [0, 0.05) is 36.7 Å². The molecule has 0 bridgehead atoms. The van der Waals surface area contributed by atoms with Gasteiger partial charge in [-0.3, -0.25) is 24.0 Å². The van der Waals surface area contributed by atoms with Crippen LogP contribution in [0.5, 0.6) is 0 Å². The van der Waals surface area contributed by atoms with Crippen LogP contribution in [0.2, 0.25) is 0 Å². The normalized spacial score (nSPS) is 17.1. The second-order valence-corrected chi connectivity index (χ2v) is 9.74. The van der Waals surface area contributed by atoms with Crippen LogP contribution in [-0.2, 0) is 16.1 Å². The number of ketones is 1. The monoisotopic (exact) mass is 580 g/mol. The molecule has 194 valence electrons. The number of likely N-dealkylation sites (tertiary alicyclic amines) is 1. The lowest BCUT2D eigenvalue weighted by Gasteiger charge is -2.23. The van der Waals surface area contributed by atoms with Crippen molar-refractivity contribution in [3.63, 3.8) is 0 Å². The Balaban J connectivity index is 1.41. The molecular formula is C25H22BrFN8O3. The van der Waals surface area contributed by atoms with Crippen LogP contribution in [0.4, 0.5) is 10.2 Å². The van der Waals surface area contributed by atoms with Gasteiger partial charge in [-0.15, -0.1) is 0 Å². The van der Waals surface area contributed by atoms with E-state index in [1.807, 2.05) is 6.07 Å². The molecule has 0 aliphatic carbocycles. The van der Waals surface area contributed by atoms with Crippen molar-refractivity contribution in [2.75, 3.05) is 11.9 Å². The van der Waals surface area contributed by atoms with Gasteiger partial charge in [-0.1, -0.05) is 6.07 Å². The Morgan fingerprint density at radius 3 is 2.61 bits per heavy atom. The van der Waals surface area contributed by atoms with Gasteiger partial charge in [0.15, 0.2) is 11.6 Å². The number of benzene rings is 1. The number of alkyl halides is 1. The van der Waals surface area contributed by atoms with E-state index >= 15 is 0 Å². The smallest absolute Gasteiger partial charge is 0.248 e. The van der Waals surface area contributed by atoms with Gasteiger partial charge in [-0.2, -0.15) is 5.10 Å². The molecule has 1 aliphatic rings. The van der Waals surface area contributed by atoms with E-state index in [1.165, 1.54) is 28.9 Å². The standard InChI is InChI=1S/C25H22BrFN8O3/c1-13(36)24-18-5-15(16-7-29-14(2)30-8-16)3-4-19(18)35(33-24)12-23(37)34-11-17(27)6-20(34)25(38)32-22-10-28-9-21(26)31-22/h3-5,7-10,17,20H,6,11-12H2,1-2H3,(H,31,32,38)/t17-,20+/m1/s1. The highest BCUT2D eigenvalue weighted by Crippen LogP contribution is 2.28. The van der Waals surface area contributed by atoms with Crippen molar-refractivity contribution in [2.45, 2.75) is 39.0 Å². The Morgan fingerprint density at radius 2 is 1.89 bits per heavy atom. The van der Waals surface area contributed by atoms with E-state index in [-0.39, 0.29) is 36.8 Å². The Kier molecular flexibility index (Phi) is 6.93. The largest absolute Gasteiger partial charge is 0.326 e. The summed E-state index contributed by atoms with van der Waals surface area (Å²) in [5.41, 5.74) is 2.32. The number of aromatic nitrogens is 6. The van der Waals surface area contributed by atoms with Crippen LogP contribution in [0.15, 0.2) is 47.6 Å². The van der Waals surface area contributed by atoms with Gasteiger partial charge in [0.05, 0.1) is 24.5 Å². The number of hydrogen-bond acceptors (Lipinski definition) is 8. The lowest BCUT2D eigenvalue weighted by atomic mass is 10.0. The summed E-state index contributed by atoms with van der Waals surface area (Å²) in [6.07, 6.45) is 4.70. The van der Waals surface area contributed by atoms with E-state index < -0.39 is 24.0 Å². The maximum atomic E-state index is 14.4. The first-order chi connectivity index (χ1) is 18.2. The fraction of sp³-hybridized carbons (Fsp3) is 0.280. The molecule has 1 aliphatic heterocycles.